The van der Waals surface area contributed by atoms with Gasteiger partial charge in [-0.1, -0.05) is 5.16 Å². The quantitative estimate of drug-likeness (QED) is 0.672. The van der Waals surface area contributed by atoms with Gasteiger partial charge in [-0.25, -0.2) is 4.98 Å². The molecule has 4 heterocycles. The largest absolute Gasteiger partial charge is 0.339 e. The van der Waals surface area contributed by atoms with Gasteiger partial charge in [-0.15, -0.1) is 0 Å². The lowest BCUT2D eigenvalue weighted by molar-refractivity contribution is 0.0665. The van der Waals surface area contributed by atoms with Crippen molar-refractivity contribution >= 4 is 5.91 Å². The Labute approximate surface area is 161 Å². The fourth-order valence-electron chi connectivity index (χ4n) is 3.45. The number of carbonyl (C=O) groups excluding carboxylic acids is 1. The van der Waals surface area contributed by atoms with Crippen LogP contribution in [0.5, 0.6) is 0 Å². The number of likely N-dealkylation sites (tertiary alicyclic amines) is 1. The number of aromatic nitrogens is 5. The van der Waals surface area contributed by atoms with E-state index in [0.29, 0.717) is 36.9 Å². The van der Waals surface area contributed by atoms with Gasteiger partial charge in [-0.3, -0.25) is 14.6 Å². The first kappa shape index (κ1) is 18.0. The van der Waals surface area contributed by atoms with E-state index in [1.54, 1.807) is 48.9 Å². The highest BCUT2D eigenvalue weighted by atomic mass is 16.5. The van der Waals surface area contributed by atoms with Crippen molar-refractivity contribution in [2.24, 2.45) is 13.0 Å². The fraction of sp³-hybridized carbons (Fsp3) is 0.368. The molecule has 3 aromatic rings. The minimum absolute atomic E-state index is 0.195. The third kappa shape index (κ3) is 3.68. The summed E-state index contributed by atoms with van der Waals surface area (Å²) >= 11 is 0. The van der Waals surface area contributed by atoms with Gasteiger partial charge in [0.05, 0.1) is 6.20 Å². The Hall–Kier alpha value is -3.36. The zero-order valence-electron chi connectivity index (χ0n) is 15.5. The van der Waals surface area contributed by atoms with Crippen LogP contribution in [0.25, 0.3) is 11.5 Å². The summed E-state index contributed by atoms with van der Waals surface area (Å²) in [6.07, 6.45) is 8.78. The summed E-state index contributed by atoms with van der Waals surface area (Å²) in [6, 6.07) is 3.29. The first-order valence-corrected chi connectivity index (χ1v) is 9.15. The molecule has 1 amide bonds. The summed E-state index contributed by atoms with van der Waals surface area (Å²) in [6.45, 7) is 1.20. The van der Waals surface area contributed by atoms with Crippen LogP contribution < -0.4 is 5.56 Å². The lowest BCUT2D eigenvalue weighted by Gasteiger charge is -2.32. The molecule has 28 heavy (non-hydrogen) atoms. The molecule has 4 rings (SSSR count). The highest BCUT2D eigenvalue weighted by Gasteiger charge is 2.27. The molecule has 1 aliphatic heterocycles. The van der Waals surface area contributed by atoms with Gasteiger partial charge in [-0.05, 0) is 30.9 Å². The maximum Gasteiger partial charge on any atom is 0.263 e. The molecule has 1 saturated heterocycles. The van der Waals surface area contributed by atoms with Crippen molar-refractivity contribution in [2.45, 2.75) is 19.3 Å². The molecule has 0 aliphatic carbocycles. The zero-order chi connectivity index (χ0) is 19.5. The summed E-state index contributed by atoms with van der Waals surface area (Å²) in [5.74, 6) is 0.882. The SMILES string of the molecule is Cn1cccc(C(=O)N2CCCC(Cc3nc(-c4cnccn4)no3)C2)c1=O. The zero-order valence-corrected chi connectivity index (χ0v) is 15.5. The van der Waals surface area contributed by atoms with Crippen LogP contribution in [-0.4, -0.2) is 48.6 Å². The van der Waals surface area contributed by atoms with E-state index in [9.17, 15) is 9.59 Å². The number of hydrogen-bond donors (Lipinski definition) is 0. The highest BCUT2D eigenvalue weighted by molar-refractivity contribution is 5.93. The van der Waals surface area contributed by atoms with Crippen molar-refractivity contribution in [1.82, 2.24) is 29.6 Å². The number of nitrogens with zero attached hydrogens (tertiary/aromatic N) is 6. The van der Waals surface area contributed by atoms with Crippen LogP contribution in [-0.2, 0) is 13.5 Å². The predicted molar refractivity (Wildman–Crippen MR) is 99.3 cm³/mol. The van der Waals surface area contributed by atoms with Crippen LogP contribution in [0.1, 0.15) is 29.1 Å². The molecular weight excluding hydrogens is 360 g/mol. The molecule has 1 unspecified atom stereocenters. The number of rotatable bonds is 4. The molecule has 9 heteroatoms. The standard InChI is InChI=1S/C19H20N6O3/c1-24-8-3-5-14(18(24)26)19(27)25-9-2-4-13(12-25)10-16-22-17(23-28-16)15-11-20-6-7-21-15/h3,5-8,11,13H,2,4,9-10,12H2,1H3. The van der Waals surface area contributed by atoms with E-state index in [1.807, 2.05) is 0 Å². The molecule has 0 saturated carbocycles. The fourth-order valence-corrected chi connectivity index (χ4v) is 3.45. The van der Waals surface area contributed by atoms with Crippen molar-refractivity contribution in [3.63, 3.8) is 0 Å². The van der Waals surface area contributed by atoms with Crippen LogP contribution >= 0.6 is 0 Å². The molecule has 0 N–H and O–H groups in total. The third-order valence-corrected chi connectivity index (χ3v) is 4.88. The monoisotopic (exact) mass is 380 g/mol. The number of amides is 1. The molecule has 1 aliphatic rings. The molecule has 1 fully saturated rings. The van der Waals surface area contributed by atoms with Crippen LogP contribution in [0.3, 0.4) is 0 Å². The molecule has 3 aromatic heterocycles. The van der Waals surface area contributed by atoms with Gasteiger partial charge in [0.1, 0.15) is 11.3 Å². The molecule has 9 nitrogen and oxygen atoms in total. The van der Waals surface area contributed by atoms with Gasteiger partial charge < -0.3 is 14.0 Å². The lowest BCUT2D eigenvalue weighted by atomic mass is 9.94. The second-order valence-electron chi connectivity index (χ2n) is 6.90. The summed E-state index contributed by atoms with van der Waals surface area (Å²) in [5, 5.41) is 3.96. The second-order valence-corrected chi connectivity index (χ2v) is 6.90. The van der Waals surface area contributed by atoms with E-state index in [1.165, 1.54) is 4.57 Å². The summed E-state index contributed by atoms with van der Waals surface area (Å²) in [5.41, 5.74) is 0.478. The number of hydrogen-bond acceptors (Lipinski definition) is 7. The maximum atomic E-state index is 12.8. The van der Waals surface area contributed by atoms with Crippen molar-refractivity contribution < 1.29 is 9.32 Å². The molecule has 0 radical (unpaired) electrons. The minimum Gasteiger partial charge on any atom is -0.339 e. The van der Waals surface area contributed by atoms with Gasteiger partial charge in [0.25, 0.3) is 11.5 Å². The van der Waals surface area contributed by atoms with E-state index < -0.39 is 0 Å². The maximum absolute atomic E-state index is 12.8. The smallest absolute Gasteiger partial charge is 0.263 e. The lowest BCUT2D eigenvalue weighted by Crippen LogP contribution is -2.42. The van der Waals surface area contributed by atoms with E-state index in [0.717, 1.165) is 12.8 Å². The molecule has 0 spiro atoms. The van der Waals surface area contributed by atoms with Gasteiger partial charge in [0.15, 0.2) is 0 Å². The van der Waals surface area contributed by atoms with Crippen LogP contribution in [0.2, 0.25) is 0 Å². The predicted octanol–water partition coefficient (Wildman–Crippen LogP) is 1.32. The van der Waals surface area contributed by atoms with Gasteiger partial charge in [-0.2, -0.15) is 4.98 Å². The van der Waals surface area contributed by atoms with Gasteiger partial charge in [0.2, 0.25) is 11.7 Å². The van der Waals surface area contributed by atoms with E-state index in [4.69, 9.17) is 4.52 Å². The Morgan fingerprint density at radius 3 is 3.07 bits per heavy atom. The third-order valence-electron chi connectivity index (χ3n) is 4.88. The second kappa shape index (κ2) is 7.71. The summed E-state index contributed by atoms with van der Waals surface area (Å²) in [7, 11) is 1.64. The molecule has 144 valence electrons. The van der Waals surface area contributed by atoms with Crippen molar-refractivity contribution in [1.29, 1.82) is 0 Å². The first-order chi connectivity index (χ1) is 13.6. The van der Waals surface area contributed by atoms with E-state index in [2.05, 4.69) is 20.1 Å². The molecule has 0 bridgehead atoms. The van der Waals surface area contributed by atoms with Gasteiger partial charge in [0, 0.05) is 45.1 Å². The van der Waals surface area contributed by atoms with Crippen molar-refractivity contribution in [2.75, 3.05) is 13.1 Å². The molecular formula is C19H20N6O3. The Morgan fingerprint density at radius 2 is 2.25 bits per heavy atom. The number of pyridine rings is 1. The first-order valence-electron chi connectivity index (χ1n) is 9.15. The number of carbonyl (C=O) groups is 1. The molecule has 0 aromatic carbocycles. The minimum atomic E-state index is -0.278. The average molecular weight is 380 g/mol. The Balaban J connectivity index is 1.44. The summed E-state index contributed by atoms with van der Waals surface area (Å²) in [4.78, 5) is 39.3. The Bertz CT molecular complexity index is 1030. The number of aryl methyl sites for hydroxylation is 1. The molecule has 1 atom stereocenters. The van der Waals surface area contributed by atoms with Crippen molar-refractivity contribution in [3.8, 4) is 11.5 Å². The van der Waals surface area contributed by atoms with E-state index in [-0.39, 0.29) is 22.9 Å². The normalized spacial score (nSPS) is 16.9. The highest BCUT2D eigenvalue weighted by Crippen LogP contribution is 2.22. The van der Waals surface area contributed by atoms with Crippen LogP contribution in [0, 0.1) is 5.92 Å². The topological polar surface area (TPSA) is 107 Å². The van der Waals surface area contributed by atoms with E-state index >= 15 is 0 Å². The van der Waals surface area contributed by atoms with Crippen LogP contribution in [0.15, 0.2) is 46.2 Å². The Kier molecular flexibility index (Phi) is 4.96. The van der Waals surface area contributed by atoms with Crippen molar-refractivity contribution in [3.05, 3.63) is 58.7 Å². The Morgan fingerprint density at radius 1 is 1.36 bits per heavy atom. The van der Waals surface area contributed by atoms with Gasteiger partial charge >= 0.3 is 0 Å². The average Bonchev–Trinajstić information content (AvgIpc) is 3.19. The summed E-state index contributed by atoms with van der Waals surface area (Å²) < 4.78 is 6.77. The number of piperidine rings is 1. The van der Waals surface area contributed by atoms with Crippen LogP contribution in [0.4, 0.5) is 0 Å².